The van der Waals surface area contributed by atoms with Crippen molar-refractivity contribution in [2.45, 2.75) is 0 Å². The Hall–Kier alpha value is -2.25. The zero-order valence-corrected chi connectivity index (χ0v) is 12.1. The van der Waals surface area contributed by atoms with E-state index in [1.54, 1.807) is 17.0 Å². The molecular weight excluding hydrogens is 284 g/mol. The predicted molar refractivity (Wildman–Crippen MR) is 79.1 cm³/mol. The number of benzene rings is 1. The van der Waals surface area contributed by atoms with Crippen molar-refractivity contribution >= 4 is 5.91 Å². The summed E-state index contributed by atoms with van der Waals surface area (Å²) >= 11 is 0. The minimum absolute atomic E-state index is 0.0220. The summed E-state index contributed by atoms with van der Waals surface area (Å²) in [6.07, 6.45) is 1.45. The molecule has 0 radical (unpaired) electrons. The summed E-state index contributed by atoms with van der Waals surface area (Å²) in [6.45, 7) is 2.07. The first-order valence-electron chi connectivity index (χ1n) is 7.21. The number of rotatable bonds is 3. The van der Waals surface area contributed by atoms with Crippen LogP contribution in [0.4, 0.5) is 0 Å². The Morgan fingerprint density at radius 3 is 2.91 bits per heavy atom. The van der Waals surface area contributed by atoms with Gasteiger partial charge in [-0.3, -0.25) is 9.89 Å². The molecule has 2 aromatic rings. The lowest BCUT2D eigenvalue weighted by Crippen LogP contribution is -2.36. The maximum atomic E-state index is 12.6. The first-order chi connectivity index (χ1) is 10.8. The lowest BCUT2D eigenvalue weighted by molar-refractivity contribution is 0.0728. The molecule has 1 aromatic heterocycles. The number of H-pyrrole nitrogens is 1. The van der Waals surface area contributed by atoms with Crippen LogP contribution in [0.1, 0.15) is 10.4 Å². The first-order valence-corrected chi connectivity index (χ1v) is 7.21. The van der Waals surface area contributed by atoms with Crippen LogP contribution in [0.5, 0.6) is 0 Å². The molecule has 116 valence electrons. The third-order valence-electron chi connectivity index (χ3n) is 3.70. The molecule has 1 fully saturated rings. The lowest BCUT2D eigenvalue weighted by atomic mass is 10.1. The number of hydrogen-bond donors (Lipinski definition) is 2. The zero-order chi connectivity index (χ0) is 15.4. The molecule has 22 heavy (non-hydrogen) atoms. The minimum atomic E-state index is -0.0481. The average molecular weight is 302 g/mol. The second-order valence-corrected chi connectivity index (χ2v) is 5.29. The van der Waals surface area contributed by atoms with Gasteiger partial charge in [0.25, 0.3) is 5.91 Å². The van der Waals surface area contributed by atoms with Crippen LogP contribution in [0.25, 0.3) is 11.4 Å². The van der Waals surface area contributed by atoms with E-state index >= 15 is 0 Å². The van der Waals surface area contributed by atoms with Gasteiger partial charge in [0.1, 0.15) is 6.33 Å². The van der Waals surface area contributed by atoms with Crippen LogP contribution in [-0.2, 0) is 4.74 Å². The fraction of sp³-hybridized carbons (Fsp3) is 0.400. The molecule has 1 aromatic carbocycles. The third-order valence-corrected chi connectivity index (χ3v) is 3.70. The standard InChI is InChI=1S/C15H18N4O3/c20-8-11-7-19(5-6-22-9-11)15(21)13-3-1-12(2-4-13)14-16-10-17-18-14/h1-4,10-11,20H,5-9H2,(H,16,17,18). The lowest BCUT2D eigenvalue weighted by Gasteiger charge is -2.22. The monoisotopic (exact) mass is 302 g/mol. The predicted octanol–water partition coefficient (Wildman–Crippen LogP) is 0.553. The van der Waals surface area contributed by atoms with E-state index in [1.165, 1.54) is 6.33 Å². The molecule has 7 heteroatoms. The number of aliphatic hydroxyl groups is 1. The molecule has 1 aliphatic heterocycles. The van der Waals surface area contributed by atoms with Crippen molar-refractivity contribution in [3.8, 4) is 11.4 Å². The van der Waals surface area contributed by atoms with E-state index in [-0.39, 0.29) is 18.4 Å². The fourth-order valence-corrected chi connectivity index (χ4v) is 2.47. The van der Waals surface area contributed by atoms with E-state index in [9.17, 15) is 9.90 Å². The number of aromatic nitrogens is 3. The average Bonchev–Trinajstić information content (AvgIpc) is 2.99. The van der Waals surface area contributed by atoms with Gasteiger partial charge in [0, 0.05) is 36.7 Å². The number of carbonyl (C=O) groups is 1. The Labute approximate surface area is 127 Å². The van der Waals surface area contributed by atoms with Crippen LogP contribution >= 0.6 is 0 Å². The highest BCUT2D eigenvalue weighted by atomic mass is 16.5. The molecule has 2 heterocycles. The molecule has 1 unspecified atom stereocenters. The summed E-state index contributed by atoms with van der Waals surface area (Å²) in [7, 11) is 0. The Kier molecular flexibility index (Phi) is 4.45. The smallest absolute Gasteiger partial charge is 0.253 e. The fourth-order valence-electron chi connectivity index (χ4n) is 2.47. The highest BCUT2D eigenvalue weighted by molar-refractivity contribution is 5.94. The van der Waals surface area contributed by atoms with Crippen molar-refractivity contribution in [1.29, 1.82) is 0 Å². The van der Waals surface area contributed by atoms with Crippen LogP contribution < -0.4 is 0 Å². The van der Waals surface area contributed by atoms with Crippen molar-refractivity contribution in [1.82, 2.24) is 20.1 Å². The number of carbonyl (C=O) groups excluding carboxylic acids is 1. The summed E-state index contributed by atoms with van der Waals surface area (Å²) in [5.74, 6) is 0.593. The SMILES string of the molecule is O=C(c1ccc(-c2ncn[nH]2)cc1)N1CCOCC(CO)C1. The van der Waals surface area contributed by atoms with Crippen LogP contribution in [-0.4, -0.2) is 64.0 Å². The molecule has 0 saturated carbocycles. The van der Waals surface area contributed by atoms with E-state index < -0.39 is 0 Å². The van der Waals surface area contributed by atoms with E-state index in [4.69, 9.17) is 4.74 Å². The van der Waals surface area contributed by atoms with E-state index in [0.717, 1.165) is 5.56 Å². The summed E-state index contributed by atoms with van der Waals surface area (Å²) in [4.78, 5) is 18.4. The summed E-state index contributed by atoms with van der Waals surface area (Å²) in [5, 5.41) is 15.9. The van der Waals surface area contributed by atoms with Crippen molar-refractivity contribution in [3.05, 3.63) is 36.2 Å². The molecule has 2 N–H and O–H groups in total. The Balaban J connectivity index is 1.74. The van der Waals surface area contributed by atoms with Crippen LogP contribution in [0, 0.1) is 5.92 Å². The first kappa shape index (κ1) is 14.7. The zero-order valence-electron chi connectivity index (χ0n) is 12.1. The number of amides is 1. The highest BCUT2D eigenvalue weighted by Crippen LogP contribution is 2.17. The Bertz CT molecular complexity index is 612. The largest absolute Gasteiger partial charge is 0.396 e. The molecule has 1 amide bonds. The van der Waals surface area contributed by atoms with Gasteiger partial charge in [-0.05, 0) is 12.1 Å². The number of ether oxygens (including phenoxy) is 1. The van der Waals surface area contributed by atoms with Gasteiger partial charge in [0.2, 0.25) is 0 Å². The van der Waals surface area contributed by atoms with Gasteiger partial charge in [-0.1, -0.05) is 12.1 Å². The topological polar surface area (TPSA) is 91.3 Å². The summed E-state index contributed by atoms with van der Waals surface area (Å²) in [5.41, 5.74) is 1.49. The van der Waals surface area contributed by atoms with Crippen LogP contribution in [0.2, 0.25) is 0 Å². The number of nitrogens with one attached hydrogen (secondary N) is 1. The van der Waals surface area contributed by atoms with Gasteiger partial charge in [0.05, 0.1) is 13.2 Å². The van der Waals surface area contributed by atoms with Gasteiger partial charge >= 0.3 is 0 Å². The van der Waals surface area contributed by atoms with Gasteiger partial charge in [-0.25, -0.2) is 4.98 Å². The molecule has 0 spiro atoms. The third kappa shape index (κ3) is 3.15. The van der Waals surface area contributed by atoms with E-state index in [1.807, 2.05) is 12.1 Å². The summed E-state index contributed by atoms with van der Waals surface area (Å²) < 4.78 is 5.41. The van der Waals surface area contributed by atoms with Crippen molar-refractivity contribution in [2.24, 2.45) is 5.92 Å². The van der Waals surface area contributed by atoms with Gasteiger partial charge in [0.15, 0.2) is 5.82 Å². The molecule has 0 bridgehead atoms. The van der Waals surface area contributed by atoms with Gasteiger partial charge < -0.3 is 14.7 Å². The Morgan fingerprint density at radius 2 is 2.23 bits per heavy atom. The second-order valence-electron chi connectivity index (χ2n) is 5.29. The van der Waals surface area contributed by atoms with Gasteiger partial charge in [-0.15, -0.1) is 0 Å². The van der Waals surface area contributed by atoms with Crippen LogP contribution in [0.15, 0.2) is 30.6 Å². The van der Waals surface area contributed by atoms with Gasteiger partial charge in [-0.2, -0.15) is 5.10 Å². The quantitative estimate of drug-likeness (QED) is 0.864. The van der Waals surface area contributed by atoms with Crippen molar-refractivity contribution < 1.29 is 14.6 Å². The van der Waals surface area contributed by atoms with E-state index in [2.05, 4.69) is 15.2 Å². The maximum Gasteiger partial charge on any atom is 0.253 e. The Morgan fingerprint density at radius 1 is 1.41 bits per heavy atom. The number of hydrogen-bond acceptors (Lipinski definition) is 5. The molecule has 1 aliphatic rings. The molecule has 1 atom stereocenters. The molecule has 1 saturated heterocycles. The molecular formula is C15H18N4O3. The number of nitrogens with zero attached hydrogens (tertiary/aromatic N) is 3. The highest BCUT2D eigenvalue weighted by Gasteiger charge is 2.23. The van der Waals surface area contributed by atoms with Crippen molar-refractivity contribution in [3.63, 3.8) is 0 Å². The molecule has 7 nitrogen and oxygen atoms in total. The number of aliphatic hydroxyl groups excluding tert-OH is 1. The second kappa shape index (κ2) is 6.67. The van der Waals surface area contributed by atoms with Crippen LogP contribution in [0.3, 0.4) is 0 Å². The maximum absolute atomic E-state index is 12.6. The normalized spacial score (nSPS) is 19.0. The minimum Gasteiger partial charge on any atom is -0.396 e. The number of aromatic amines is 1. The molecule has 3 rings (SSSR count). The van der Waals surface area contributed by atoms with E-state index in [0.29, 0.717) is 37.7 Å². The molecule has 0 aliphatic carbocycles. The summed E-state index contributed by atoms with van der Waals surface area (Å²) in [6, 6.07) is 7.23. The van der Waals surface area contributed by atoms with Crippen molar-refractivity contribution in [2.75, 3.05) is 32.9 Å².